The van der Waals surface area contributed by atoms with Crippen LogP contribution in [-0.2, 0) is 10.0 Å². The number of hydrogen-bond acceptors (Lipinski definition) is 4. The van der Waals surface area contributed by atoms with Crippen LogP contribution in [0.4, 0.5) is 20.2 Å². The lowest BCUT2D eigenvalue weighted by Gasteiger charge is -2.17. The van der Waals surface area contributed by atoms with Gasteiger partial charge in [-0.1, -0.05) is 6.07 Å². The molecule has 0 aliphatic carbocycles. The first kappa shape index (κ1) is 19.8. The second-order valence-corrected chi connectivity index (χ2v) is 8.51. The molecule has 0 saturated heterocycles. The Morgan fingerprint density at radius 1 is 0.933 bits per heavy atom. The van der Waals surface area contributed by atoms with Gasteiger partial charge in [-0.2, -0.15) is 0 Å². The summed E-state index contributed by atoms with van der Waals surface area (Å²) >= 11 is 0. The van der Waals surface area contributed by atoms with E-state index in [2.05, 4.69) is 4.72 Å². The highest BCUT2D eigenvalue weighted by atomic mass is 32.2. The maximum atomic E-state index is 13.4. The molecule has 9 heteroatoms. The highest BCUT2D eigenvalue weighted by molar-refractivity contribution is 7.92. The Kier molecular flexibility index (Phi) is 4.70. The van der Waals surface area contributed by atoms with E-state index in [1.165, 1.54) is 23.1 Å². The fraction of sp³-hybridized carbons (Fsp3) is 0.0952. The maximum Gasteiger partial charge on any atom is 0.261 e. The van der Waals surface area contributed by atoms with E-state index < -0.39 is 26.6 Å². The summed E-state index contributed by atoms with van der Waals surface area (Å²) in [5, 5.41) is 0. The predicted molar refractivity (Wildman–Crippen MR) is 108 cm³/mol. The van der Waals surface area contributed by atoms with E-state index >= 15 is 0 Å². The van der Waals surface area contributed by atoms with Crippen LogP contribution in [0.5, 0.6) is 11.5 Å². The van der Waals surface area contributed by atoms with Crippen molar-refractivity contribution in [2.75, 3.05) is 16.7 Å². The Bertz CT molecular complexity index is 1290. The minimum atomic E-state index is -4.20. The molecule has 0 aromatic heterocycles. The standard InChI is InChI=1S/C21H16F2N2O4S/c1-12-3-7-20-18(9-12)25(2)21(26)15-10-13(4-8-19(15)29-20)24-30(27,28)14-5-6-16(22)17(23)11-14/h3-11,24H,1-2H3. The van der Waals surface area contributed by atoms with Crippen LogP contribution >= 0.6 is 0 Å². The molecule has 1 aliphatic rings. The monoisotopic (exact) mass is 430 g/mol. The summed E-state index contributed by atoms with van der Waals surface area (Å²) in [4.78, 5) is 13.9. The fourth-order valence-electron chi connectivity index (χ4n) is 3.09. The summed E-state index contributed by atoms with van der Waals surface area (Å²) in [5.74, 6) is -2.06. The van der Waals surface area contributed by atoms with Crippen molar-refractivity contribution in [3.63, 3.8) is 0 Å². The first-order valence-electron chi connectivity index (χ1n) is 8.84. The number of nitrogens with one attached hydrogen (secondary N) is 1. The molecule has 0 unspecified atom stereocenters. The number of halogens is 2. The number of carbonyl (C=O) groups is 1. The highest BCUT2D eigenvalue weighted by Crippen LogP contribution is 2.39. The van der Waals surface area contributed by atoms with Crippen molar-refractivity contribution in [3.05, 3.63) is 77.4 Å². The molecule has 3 aromatic carbocycles. The number of benzene rings is 3. The molecule has 1 amide bonds. The van der Waals surface area contributed by atoms with Gasteiger partial charge in [0, 0.05) is 12.7 Å². The normalized spacial score (nSPS) is 13.2. The van der Waals surface area contributed by atoms with Crippen LogP contribution < -0.4 is 14.4 Å². The van der Waals surface area contributed by atoms with Gasteiger partial charge in [0.15, 0.2) is 17.4 Å². The lowest BCUT2D eigenvalue weighted by molar-refractivity contribution is 0.0993. The van der Waals surface area contributed by atoms with E-state index in [-0.39, 0.29) is 22.9 Å². The zero-order chi connectivity index (χ0) is 21.6. The molecule has 4 rings (SSSR count). The van der Waals surface area contributed by atoms with Crippen LogP contribution in [0.3, 0.4) is 0 Å². The summed E-state index contributed by atoms with van der Waals surface area (Å²) in [5.41, 5.74) is 1.76. The Labute approximate surface area is 171 Å². The molecule has 3 aromatic rings. The number of hydrogen-bond donors (Lipinski definition) is 1. The van der Waals surface area contributed by atoms with Crippen molar-refractivity contribution >= 4 is 27.3 Å². The van der Waals surface area contributed by atoms with Crippen molar-refractivity contribution in [1.29, 1.82) is 0 Å². The van der Waals surface area contributed by atoms with Gasteiger partial charge in [-0.05, 0) is 61.0 Å². The van der Waals surface area contributed by atoms with Crippen LogP contribution in [0.25, 0.3) is 0 Å². The number of ether oxygens (including phenoxy) is 1. The molecule has 0 spiro atoms. The summed E-state index contributed by atoms with van der Waals surface area (Å²) in [6.45, 7) is 1.89. The zero-order valence-corrected chi connectivity index (χ0v) is 16.8. The first-order chi connectivity index (χ1) is 14.2. The molecular formula is C21H16F2N2O4S. The fourth-order valence-corrected chi connectivity index (χ4v) is 4.15. The van der Waals surface area contributed by atoms with Gasteiger partial charge in [0.05, 0.1) is 16.1 Å². The topological polar surface area (TPSA) is 75.7 Å². The predicted octanol–water partition coefficient (Wildman–Crippen LogP) is 4.46. The van der Waals surface area contributed by atoms with Crippen molar-refractivity contribution < 1.29 is 26.7 Å². The number of fused-ring (bicyclic) bond motifs is 2. The number of rotatable bonds is 3. The Balaban J connectivity index is 1.70. The van der Waals surface area contributed by atoms with Crippen molar-refractivity contribution in [2.24, 2.45) is 0 Å². The van der Waals surface area contributed by atoms with E-state index in [1.807, 2.05) is 19.1 Å². The lowest BCUT2D eigenvalue weighted by atomic mass is 10.1. The SMILES string of the molecule is Cc1ccc2c(c1)N(C)C(=O)c1cc(NS(=O)(=O)c3ccc(F)c(F)c3)ccc1O2. The number of carbonyl (C=O) groups excluding carboxylic acids is 1. The third kappa shape index (κ3) is 3.48. The average molecular weight is 430 g/mol. The van der Waals surface area contributed by atoms with Gasteiger partial charge in [-0.15, -0.1) is 0 Å². The van der Waals surface area contributed by atoms with Crippen LogP contribution in [0.1, 0.15) is 15.9 Å². The third-order valence-corrected chi connectivity index (χ3v) is 6.04. The van der Waals surface area contributed by atoms with Gasteiger partial charge in [0.1, 0.15) is 5.75 Å². The summed E-state index contributed by atoms with van der Waals surface area (Å²) in [6, 6.07) is 11.9. The summed E-state index contributed by atoms with van der Waals surface area (Å²) in [7, 11) is -2.61. The quantitative estimate of drug-likeness (QED) is 0.666. The van der Waals surface area contributed by atoms with E-state index in [0.29, 0.717) is 17.5 Å². The Hall–Kier alpha value is -3.46. The van der Waals surface area contributed by atoms with E-state index in [1.54, 1.807) is 13.1 Å². The van der Waals surface area contributed by atoms with Gasteiger partial charge in [0.2, 0.25) is 0 Å². The van der Waals surface area contributed by atoms with E-state index in [0.717, 1.165) is 17.7 Å². The van der Waals surface area contributed by atoms with Gasteiger partial charge < -0.3 is 9.64 Å². The minimum absolute atomic E-state index is 0.0750. The maximum absolute atomic E-state index is 13.4. The zero-order valence-electron chi connectivity index (χ0n) is 15.9. The summed E-state index contributed by atoms with van der Waals surface area (Å²) in [6.07, 6.45) is 0. The summed E-state index contributed by atoms with van der Waals surface area (Å²) < 4.78 is 59.8. The van der Waals surface area contributed by atoms with Gasteiger partial charge in [-0.3, -0.25) is 9.52 Å². The number of nitrogens with zero attached hydrogens (tertiary/aromatic N) is 1. The highest BCUT2D eigenvalue weighted by Gasteiger charge is 2.27. The van der Waals surface area contributed by atoms with Crippen molar-refractivity contribution in [2.45, 2.75) is 11.8 Å². The van der Waals surface area contributed by atoms with Crippen LogP contribution in [0, 0.1) is 18.6 Å². The Morgan fingerprint density at radius 2 is 1.67 bits per heavy atom. The molecule has 0 atom stereocenters. The molecule has 6 nitrogen and oxygen atoms in total. The second-order valence-electron chi connectivity index (χ2n) is 6.83. The van der Waals surface area contributed by atoms with E-state index in [9.17, 15) is 22.0 Å². The third-order valence-electron chi connectivity index (χ3n) is 4.66. The Morgan fingerprint density at radius 3 is 2.40 bits per heavy atom. The van der Waals surface area contributed by atoms with Crippen LogP contribution in [0.15, 0.2) is 59.5 Å². The number of aryl methyl sites for hydroxylation is 1. The molecule has 154 valence electrons. The molecule has 0 fully saturated rings. The molecule has 1 heterocycles. The molecule has 0 saturated carbocycles. The van der Waals surface area contributed by atoms with Crippen LogP contribution in [-0.4, -0.2) is 21.4 Å². The first-order valence-corrected chi connectivity index (χ1v) is 10.3. The van der Waals surface area contributed by atoms with Gasteiger partial charge >= 0.3 is 0 Å². The molecular weight excluding hydrogens is 414 g/mol. The largest absolute Gasteiger partial charge is 0.454 e. The van der Waals surface area contributed by atoms with Crippen molar-refractivity contribution in [3.8, 4) is 11.5 Å². The smallest absolute Gasteiger partial charge is 0.261 e. The minimum Gasteiger partial charge on any atom is -0.454 e. The molecule has 1 aliphatic heterocycles. The van der Waals surface area contributed by atoms with E-state index in [4.69, 9.17) is 4.74 Å². The second kappa shape index (κ2) is 7.10. The molecule has 1 N–H and O–H groups in total. The average Bonchev–Trinajstić information content (AvgIpc) is 2.79. The molecule has 0 bridgehead atoms. The number of sulfonamides is 1. The van der Waals surface area contributed by atoms with Crippen LogP contribution in [0.2, 0.25) is 0 Å². The number of anilines is 2. The van der Waals surface area contributed by atoms with Crippen molar-refractivity contribution in [1.82, 2.24) is 0 Å². The van der Waals surface area contributed by atoms with Gasteiger partial charge in [0.25, 0.3) is 15.9 Å². The van der Waals surface area contributed by atoms with Gasteiger partial charge in [-0.25, -0.2) is 17.2 Å². The number of amides is 1. The molecule has 0 radical (unpaired) electrons. The lowest BCUT2D eigenvalue weighted by Crippen LogP contribution is -2.25. The molecule has 30 heavy (non-hydrogen) atoms.